The second kappa shape index (κ2) is 5.46. The molecule has 3 heteroatoms. The predicted molar refractivity (Wildman–Crippen MR) is 65.0 cm³/mol. The van der Waals surface area contributed by atoms with Gasteiger partial charge in [0.05, 0.1) is 5.02 Å². The van der Waals surface area contributed by atoms with E-state index >= 15 is 0 Å². The molecule has 1 unspecified atom stereocenters. The molecule has 1 N–H and O–H groups in total. The summed E-state index contributed by atoms with van der Waals surface area (Å²) in [5.41, 5.74) is 0.830. The molecule has 1 atom stereocenters. The summed E-state index contributed by atoms with van der Waals surface area (Å²) in [6.07, 6.45) is 7.70. The molecule has 0 aliphatic heterocycles. The van der Waals surface area contributed by atoms with Gasteiger partial charge in [0.25, 0.3) is 0 Å². The van der Waals surface area contributed by atoms with Crippen LogP contribution >= 0.6 is 11.6 Å². The summed E-state index contributed by atoms with van der Waals surface area (Å²) in [5.74, 6) is -0.343. The number of halogens is 2. The minimum atomic E-state index is -0.343. The topological polar surface area (TPSA) is 12.0 Å². The van der Waals surface area contributed by atoms with Crippen molar-refractivity contribution in [2.45, 2.75) is 31.8 Å². The standard InChI is InChI=1S/C13H15ClFN/c14-13-10(5-4-8-12(13)15)9-16-11-6-2-1-3-7-11/h1-2,4-5,8,11,16H,3,6-7,9H2. The van der Waals surface area contributed by atoms with Crippen LogP contribution in [0.4, 0.5) is 4.39 Å². The van der Waals surface area contributed by atoms with E-state index in [9.17, 15) is 4.39 Å². The molecule has 1 aliphatic carbocycles. The highest BCUT2D eigenvalue weighted by molar-refractivity contribution is 6.31. The maximum Gasteiger partial charge on any atom is 0.142 e. The minimum Gasteiger partial charge on any atom is -0.310 e. The van der Waals surface area contributed by atoms with Gasteiger partial charge in [-0.2, -0.15) is 0 Å². The third-order valence-electron chi connectivity index (χ3n) is 2.88. The molecule has 0 aromatic heterocycles. The summed E-state index contributed by atoms with van der Waals surface area (Å²) in [5, 5.41) is 3.64. The molecule has 1 aliphatic rings. The first-order chi connectivity index (χ1) is 7.77. The van der Waals surface area contributed by atoms with E-state index in [-0.39, 0.29) is 10.8 Å². The number of allylic oxidation sites excluding steroid dienone is 1. The van der Waals surface area contributed by atoms with E-state index in [1.165, 1.54) is 6.07 Å². The zero-order valence-corrected chi connectivity index (χ0v) is 9.80. The van der Waals surface area contributed by atoms with Crippen LogP contribution < -0.4 is 5.32 Å². The van der Waals surface area contributed by atoms with Crippen molar-refractivity contribution in [1.82, 2.24) is 5.32 Å². The van der Waals surface area contributed by atoms with Gasteiger partial charge in [-0.25, -0.2) is 4.39 Å². The van der Waals surface area contributed by atoms with Gasteiger partial charge in [0.15, 0.2) is 0 Å². The van der Waals surface area contributed by atoms with Crippen LogP contribution in [0.1, 0.15) is 24.8 Å². The van der Waals surface area contributed by atoms with Crippen molar-refractivity contribution in [2.24, 2.45) is 0 Å². The molecular formula is C13H15ClFN. The van der Waals surface area contributed by atoms with E-state index in [0.29, 0.717) is 12.6 Å². The zero-order chi connectivity index (χ0) is 11.4. The number of rotatable bonds is 3. The Morgan fingerprint density at radius 2 is 2.25 bits per heavy atom. The first-order valence-electron chi connectivity index (χ1n) is 5.58. The van der Waals surface area contributed by atoms with Crippen LogP contribution in [-0.4, -0.2) is 6.04 Å². The summed E-state index contributed by atoms with van der Waals surface area (Å²) >= 11 is 5.88. The Labute approximate surface area is 100 Å². The Hall–Kier alpha value is -0.860. The molecule has 0 bridgehead atoms. The minimum absolute atomic E-state index is 0.237. The highest BCUT2D eigenvalue weighted by atomic mass is 35.5. The van der Waals surface area contributed by atoms with Crippen LogP contribution in [0.3, 0.4) is 0 Å². The van der Waals surface area contributed by atoms with E-state index < -0.39 is 0 Å². The summed E-state index contributed by atoms with van der Waals surface area (Å²) in [6, 6.07) is 5.43. The Bertz CT molecular complexity index is 390. The van der Waals surface area contributed by atoms with E-state index in [0.717, 1.165) is 24.8 Å². The molecule has 1 aromatic carbocycles. The van der Waals surface area contributed by atoms with Crippen molar-refractivity contribution in [2.75, 3.05) is 0 Å². The highest BCUT2D eigenvalue weighted by Gasteiger charge is 2.10. The molecule has 1 aromatic rings. The SMILES string of the molecule is Fc1cccc(CNC2CC=CCC2)c1Cl. The second-order valence-corrected chi connectivity index (χ2v) is 4.45. The number of nitrogens with one attached hydrogen (secondary N) is 1. The van der Waals surface area contributed by atoms with Crippen LogP contribution in [0.5, 0.6) is 0 Å². The lowest BCUT2D eigenvalue weighted by Gasteiger charge is -2.19. The fourth-order valence-electron chi connectivity index (χ4n) is 1.92. The number of benzene rings is 1. The Kier molecular flexibility index (Phi) is 3.97. The van der Waals surface area contributed by atoms with Gasteiger partial charge in [-0.1, -0.05) is 35.9 Å². The van der Waals surface area contributed by atoms with Crippen LogP contribution in [0.15, 0.2) is 30.4 Å². The average molecular weight is 240 g/mol. The molecule has 1 nitrogen and oxygen atoms in total. The fraction of sp³-hybridized carbons (Fsp3) is 0.385. The summed E-state index contributed by atoms with van der Waals surface area (Å²) in [7, 11) is 0. The fourth-order valence-corrected chi connectivity index (χ4v) is 2.11. The normalized spacial score (nSPS) is 20.0. The summed E-state index contributed by atoms with van der Waals surface area (Å²) < 4.78 is 13.2. The second-order valence-electron chi connectivity index (χ2n) is 4.08. The van der Waals surface area contributed by atoms with Gasteiger partial charge < -0.3 is 5.32 Å². The van der Waals surface area contributed by atoms with Gasteiger partial charge in [0.2, 0.25) is 0 Å². The summed E-state index contributed by atoms with van der Waals surface area (Å²) in [4.78, 5) is 0. The first-order valence-corrected chi connectivity index (χ1v) is 5.96. The van der Waals surface area contributed by atoms with Crippen LogP contribution in [0.2, 0.25) is 5.02 Å². The van der Waals surface area contributed by atoms with Gasteiger partial charge in [-0.05, 0) is 30.9 Å². The average Bonchev–Trinajstić information content (AvgIpc) is 2.32. The quantitative estimate of drug-likeness (QED) is 0.794. The molecule has 0 spiro atoms. The smallest absolute Gasteiger partial charge is 0.142 e. The van der Waals surface area contributed by atoms with Crippen molar-refractivity contribution in [1.29, 1.82) is 0 Å². The Morgan fingerprint density at radius 3 is 3.00 bits per heavy atom. The molecule has 0 amide bonds. The lowest BCUT2D eigenvalue weighted by Crippen LogP contribution is -2.29. The Morgan fingerprint density at radius 1 is 1.38 bits per heavy atom. The van der Waals surface area contributed by atoms with Gasteiger partial charge in [-0.15, -0.1) is 0 Å². The monoisotopic (exact) mass is 239 g/mol. The molecule has 0 fully saturated rings. The summed E-state index contributed by atoms with van der Waals surface area (Å²) in [6.45, 7) is 0.634. The van der Waals surface area contributed by atoms with Crippen LogP contribution in [0, 0.1) is 5.82 Å². The molecular weight excluding hydrogens is 225 g/mol. The van der Waals surface area contributed by atoms with Crippen molar-refractivity contribution >= 4 is 11.6 Å². The van der Waals surface area contributed by atoms with Crippen molar-refractivity contribution in [3.05, 3.63) is 46.8 Å². The first kappa shape index (κ1) is 11.6. The molecule has 0 heterocycles. The lowest BCUT2D eigenvalue weighted by atomic mass is 10.0. The molecule has 0 saturated carbocycles. The van der Waals surface area contributed by atoms with E-state index in [4.69, 9.17) is 11.6 Å². The lowest BCUT2D eigenvalue weighted by molar-refractivity contribution is 0.473. The van der Waals surface area contributed by atoms with Crippen LogP contribution in [-0.2, 0) is 6.54 Å². The van der Waals surface area contributed by atoms with E-state index in [2.05, 4.69) is 17.5 Å². The molecule has 0 radical (unpaired) electrons. The maximum atomic E-state index is 13.2. The molecule has 16 heavy (non-hydrogen) atoms. The van der Waals surface area contributed by atoms with E-state index in [1.807, 2.05) is 6.07 Å². The van der Waals surface area contributed by atoms with Crippen LogP contribution in [0.25, 0.3) is 0 Å². The Balaban J connectivity index is 1.94. The van der Waals surface area contributed by atoms with E-state index in [1.54, 1.807) is 6.07 Å². The van der Waals surface area contributed by atoms with Gasteiger partial charge in [0, 0.05) is 12.6 Å². The van der Waals surface area contributed by atoms with Crippen molar-refractivity contribution in [3.63, 3.8) is 0 Å². The largest absolute Gasteiger partial charge is 0.310 e. The highest BCUT2D eigenvalue weighted by Crippen LogP contribution is 2.20. The molecule has 0 saturated heterocycles. The van der Waals surface area contributed by atoms with Gasteiger partial charge in [-0.3, -0.25) is 0 Å². The van der Waals surface area contributed by atoms with Crippen molar-refractivity contribution in [3.8, 4) is 0 Å². The third-order valence-corrected chi connectivity index (χ3v) is 3.31. The predicted octanol–water partition coefficient (Wildman–Crippen LogP) is 3.68. The van der Waals surface area contributed by atoms with Gasteiger partial charge in [0.1, 0.15) is 5.82 Å². The maximum absolute atomic E-state index is 13.2. The van der Waals surface area contributed by atoms with Crippen molar-refractivity contribution < 1.29 is 4.39 Å². The van der Waals surface area contributed by atoms with Gasteiger partial charge >= 0.3 is 0 Å². The number of hydrogen-bond acceptors (Lipinski definition) is 1. The third kappa shape index (κ3) is 2.83. The zero-order valence-electron chi connectivity index (χ0n) is 9.05. The number of hydrogen-bond donors (Lipinski definition) is 1. The molecule has 86 valence electrons. The molecule has 2 rings (SSSR count).